The van der Waals surface area contributed by atoms with Gasteiger partial charge in [-0.1, -0.05) is 24.3 Å². The molecule has 2 aromatic rings. The smallest absolute Gasteiger partial charge is 0.194 e. The monoisotopic (exact) mass is 280 g/mol. The van der Waals surface area contributed by atoms with Gasteiger partial charge in [0.05, 0.1) is 6.21 Å². The topological polar surface area (TPSA) is 47.6 Å². The minimum Gasteiger partial charge on any atom is -0.489 e. The molecule has 2 aromatic carbocycles. The second kappa shape index (κ2) is 6.10. The quantitative estimate of drug-likeness (QED) is 0.405. The van der Waals surface area contributed by atoms with E-state index in [0.717, 1.165) is 23.3 Å². The fourth-order valence-electron chi connectivity index (χ4n) is 1.65. The van der Waals surface area contributed by atoms with Gasteiger partial charge >= 0.3 is 0 Å². The van der Waals surface area contributed by atoms with Crippen molar-refractivity contribution in [2.45, 2.75) is 6.61 Å². The van der Waals surface area contributed by atoms with E-state index in [1.807, 2.05) is 0 Å². The van der Waals surface area contributed by atoms with E-state index in [2.05, 4.69) is 5.10 Å². The molecule has 0 fully saturated rings. The molecule has 0 heterocycles. The van der Waals surface area contributed by atoms with Gasteiger partial charge in [0.1, 0.15) is 12.4 Å². The molecule has 0 bridgehead atoms. The average molecular weight is 280 g/mol. The fourth-order valence-corrected chi connectivity index (χ4v) is 1.65. The van der Waals surface area contributed by atoms with Gasteiger partial charge in [-0.3, -0.25) is 0 Å². The normalized spacial score (nSPS) is 10.9. The molecule has 0 unspecified atom stereocenters. The summed E-state index contributed by atoms with van der Waals surface area (Å²) in [4.78, 5) is 0. The molecule has 2 rings (SSSR count). The van der Waals surface area contributed by atoms with Gasteiger partial charge in [0.15, 0.2) is 17.5 Å². The Kier molecular flexibility index (Phi) is 4.24. The van der Waals surface area contributed by atoms with E-state index < -0.39 is 17.5 Å². The number of nitrogens with zero attached hydrogens (tertiary/aromatic N) is 1. The van der Waals surface area contributed by atoms with E-state index in [0.29, 0.717) is 0 Å². The van der Waals surface area contributed by atoms with Gasteiger partial charge in [-0.05, 0) is 5.56 Å². The number of benzene rings is 2. The van der Waals surface area contributed by atoms with Crippen LogP contribution in [0.2, 0.25) is 0 Å². The van der Waals surface area contributed by atoms with E-state index in [9.17, 15) is 13.2 Å². The zero-order chi connectivity index (χ0) is 14.5. The SMILES string of the molecule is NN=Cc1ccccc1COc1cc(F)c(F)c(F)c1. The molecule has 104 valence electrons. The maximum atomic E-state index is 13.0. The van der Waals surface area contributed by atoms with Crippen LogP contribution >= 0.6 is 0 Å². The van der Waals surface area contributed by atoms with Crippen molar-refractivity contribution >= 4 is 6.21 Å². The summed E-state index contributed by atoms with van der Waals surface area (Å²) in [6, 6.07) is 8.67. The van der Waals surface area contributed by atoms with Crippen LogP contribution in [0.15, 0.2) is 41.5 Å². The molecule has 0 aliphatic carbocycles. The predicted molar refractivity (Wildman–Crippen MR) is 68.9 cm³/mol. The first-order valence-electron chi connectivity index (χ1n) is 5.70. The van der Waals surface area contributed by atoms with Gasteiger partial charge in [0.25, 0.3) is 0 Å². The van der Waals surface area contributed by atoms with E-state index in [1.165, 1.54) is 6.21 Å². The third-order valence-electron chi connectivity index (χ3n) is 2.62. The molecule has 0 aliphatic rings. The van der Waals surface area contributed by atoms with Crippen LogP contribution in [0.1, 0.15) is 11.1 Å². The molecule has 0 aliphatic heterocycles. The number of hydrogen-bond acceptors (Lipinski definition) is 3. The molecule has 0 saturated carbocycles. The molecular formula is C14H11F3N2O. The molecule has 0 aromatic heterocycles. The van der Waals surface area contributed by atoms with Crippen LogP contribution in [0, 0.1) is 17.5 Å². The number of nitrogens with two attached hydrogens (primary N) is 1. The minimum absolute atomic E-state index is 0.0483. The third-order valence-corrected chi connectivity index (χ3v) is 2.62. The van der Waals surface area contributed by atoms with Crippen LogP contribution in [0.3, 0.4) is 0 Å². The maximum Gasteiger partial charge on any atom is 0.194 e. The number of halogens is 3. The van der Waals surface area contributed by atoms with Gasteiger partial charge < -0.3 is 10.6 Å². The highest BCUT2D eigenvalue weighted by atomic mass is 19.2. The van der Waals surface area contributed by atoms with Gasteiger partial charge in [0, 0.05) is 17.7 Å². The van der Waals surface area contributed by atoms with E-state index >= 15 is 0 Å². The molecule has 2 N–H and O–H groups in total. The molecule has 0 saturated heterocycles. The Morgan fingerprint density at radius 1 is 1.10 bits per heavy atom. The second-order valence-corrected chi connectivity index (χ2v) is 3.97. The molecule has 0 radical (unpaired) electrons. The fraction of sp³-hybridized carbons (Fsp3) is 0.0714. The van der Waals surface area contributed by atoms with E-state index in [4.69, 9.17) is 10.6 Å². The van der Waals surface area contributed by atoms with Crippen molar-refractivity contribution in [1.82, 2.24) is 0 Å². The van der Waals surface area contributed by atoms with Gasteiger partial charge in [0.2, 0.25) is 0 Å². The summed E-state index contributed by atoms with van der Waals surface area (Å²) in [6.45, 7) is 0.0483. The summed E-state index contributed by atoms with van der Waals surface area (Å²) < 4.78 is 44.1. The van der Waals surface area contributed by atoms with E-state index in [-0.39, 0.29) is 12.4 Å². The maximum absolute atomic E-state index is 13.0. The minimum atomic E-state index is -1.52. The van der Waals surface area contributed by atoms with Gasteiger partial charge in [-0.25, -0.2) is 13.2 Å². The number of hydrogen-bond donors (Lipinski definition) is 1. The lowest BCUT2D eigenvalue weighted by atomic mass is 10.1. The first-order chi connectivity index (χ1) is 9.61. The van der Waals surface area contributed by atoms with Crippen molar-refractivity contribution in [3.8, 4) is 5.75 Å². The summed E-state index contributed by atoms with van der Waals surface area (Å²) in [5.41, 5.74) is 1.45. The average Bonchev–Trinajstić information content (AvgIpc) is 2.44. The Morgan fingerprint density at radius 3 is 2.40 bits per heavy atom. The molecular weight excluding hydrogens is 269 g/mol. The van der Waals surface area contributed by atoms with Crippen molar-refractivity contribution in [2.75, 3.05) is 0 Å². The second-order valence-electron chi connectivity index (χ2n) is 3.97. The Bertz CT molecular complexity index is 621. The molecule has 6 heteroatoms. The summed E-state index contributed by atoms with van der Waals surface area (Å²) >= 11 is 0. The number of rotatable bonds is 4. The Balaban J connectivity index is 2.17. The van der Waals surface area contributed by atoms with Crippen LogP contribution in [0.25, 0.3) is 0 Å². The Hall–Kier alpha value is -2.50. The largest absolute Gasteiger partial charge is 0.489 e. The first-order valence-corrected chi connectivity index (χ1v) is 5.70. The van der Waals surface area contributed by atoms with Gasteiger partial charge in [-0.15, -0.1) is 0 Å². The highest BCUT2D eigenvalue weighted by Gasteiger charge is 2.11. The van der Waals surface area contributed by atoms with Crippen molar-refractivity contribution in [3.63, 3.8) is 0 Å². The predicted octanol–water partition coefficient (Wildman–Crippen LogP) is 2.98. The summed E-state index contributed by atoms with van der Waals surface area (Å²) in [5.74, 6) is 0.875. The molecule has 3 nitrogen and oxygen atoms in total. The van der Waals surface area contributed by atoms with Crippen LogP contribution < -0.4 is 10.6 Å². The van der Waals surface area contributed by atoms with Crippen molar-refractivity contribution in [2.24, 2.45) is 10.9 Å². The van der Waals surface area contributed by atoms with Crippen LogP contribution in [0.5, 0.6) is 5.75 Å². The van der Waals surface area contributed by atoms with E-state index in [1.54, 1.807) is 24.3 Å². The third kappa shape index (κ3) is 3.09. The summed E-state index contributed by atoms with van der Waals surface area (Å²) in [6.07, 6.45) is 1.44. The Labute approximate surface area is 113 Å². The van der Waals surface area contributed by atoms with Crippen LogP contribution in [0.4, 0.5) is 13.2 Å². The lowest BCUT2D eigenvalue weighted by molar-refractivity contribution is 0.299. The number of hydrazone groups is 1. The standard InChI is InChI=1S/C14H11F3N2O/c15-12-5-11(6-13(16)14(12)17)20-8-10-4-2-1-3-9(10)7-19-18/h1-7H,8,18H2. The van der Waals surface area contributed by atoms with Crippen molar-refractivity contribution in [3.05, 3.63) is 65.0 Å². The highest BCUT2D eigenvalue weighted by molar-refractivity contribution is 5.81. The Morgan fingerprint density at radius 2 is 1.75 bits per heavy atom. The molecule has 0 amide bonds. The molecule has 0 atom stereocenters. The molecule has 20 heavy (non-hydrogen) atoms. The van der Waals surface area contributed by atoms with Crippen LogP contribution in [-0.2, 0) is 6.61 Å². The zero-order valence-corrected chi connectivity index (χ0v) is 10.3. The summed E-state index contributed by atoms with van der Waals surface area (Å²) in [5, 5.41) is 3.41. The lowest BCUT2D eigenvalue weighted by Gasteiger charge is -2.09. The van der Waals surface area contributed by atoms with Crippen LogP contribution in [-0.4, -0.2) is 6.21 Å². The zero-order valence-electron chi connectivity index (χ0n) is 10.3. The summed E-state index contributed by atoms with van der Waals surface area (Å²) in [7, 11) is 0. The van der Waals surface area contributed by atoms with Crippen molar-refractivity contribution in [1.29, 1.82) is 0 Å². The highest BCUT2D eigenvalue weighted by Crippen LogP contribution is 2.20. The van der Waals surface area contributed by atoms with Gasteiger partial charge in [-0.2, -0.15) is 5.10 Å². The number of ether oxygens (including phenoxy) is 1. The van der Waals surface area contributed by atoms with Crippen molar-refractivity contribution < 1.29 is 17.9 Å². The lowest BCUT2D eigenvalue weighted by Crippen LogP contribution is -2.02. The molecule has 0 spiro atoms. The first kappa shape index (κ1) is 13.9.